The molecule has 1 N–H and O–H groups in total. The smallest absolute Gasteiger partial charge is 0.146 e. The van der Waals surface area contributed by atoms with Crippen LogP contribution in [0.3, 0.4) is 0 Å². The molecule has 0 heterocycles. The first-order valence-corrected chi connectivity index (χ1v) is 6.65. The predicted octanol–water partition coefficient (Wildman–Crippen LogP) is 4.95. The van der Waals surface area contributed by atoms with Crippen molar-refractivity contribution in [1.82, 2.24) is 0 Å². The maximum atomic E-state index is 9.49. The van der Waals surface area contributed by atoms with Crippen LogP contribution < -0.4 is 4.74 Å². The minimum absolute atomic E-state index is 0.504. The first kappa shape index (κ1) is 13.4. The fourth-order valence-electron chi connectivity index (χ4n) is 1.51. The molecule has 1 unspecified atom stereocenters. The van der Waals surface area contributed by atoms with Gasteiger partial charge in [0, 0.05) is 0 Å². The predicted molar refractivity (Wildman–Crippen MR) is 76.3 cm³/mol. The summed E-state index contributed by atoms with van der Waals surface area (Å²) in [5, 5.41) is 10.0. The Hall–Kier alpha value is -1.03. The number of aliphatic hydroxyl groups is 1. The van der Waals surface area contributed by atoms with Crippen LogP contribution in [0.1, 0.15) is 18.6 Å². The molecule has 94 valence electrons. The molecule has 0 saturated carbocycles. The molecule has 0 fully saturated rings. The highest BCUT2D eigenvalue weighted by Gasteiger charge is 2.08. The lowest BCUT2D eigenvalue weighted by Crippen LogP contribution is -1.92. The fourth-order valence-corrected chi connectivity index (χ4v) is 2.16. The first-order valence-electron chi connectivity index (χ1n) is 5.48. The monoisotopic (exact) mass is 326 g/mol. The van der Waals surface area contributed by atoms with Gasteiger partial charge in [-0.3, -0.25) is 0 Å². The van der Waals surface area contributed by atoms with Gasteiger partial charge in [-0.1, -0.05) is 29.8 Å². The van der Waals surface area contributed by atoms with Gasteiger partial charge in [0.15, 0.2) is 0 Å². The number of para-hydroxylation sites is 1. The quantitative estimate of drug-likeness (QED) is 0.864. The van der Waals surface area contributed by atoms with Crippen molar-refractivity contribution in [3.63, 3.8) is 0 Å². The Labute approximate surface area is 119 Å². The van der Waals surface area contributed by atoms with Gasteiger partial charge in [0.1, 0.15) is 11.5 Å². The summed E-state index contributed by atoms with van der Waals surface area (Å²) in [6.45, 7) is 1.72. The topological polar surface area (TPSA) is 29.5 Å². The van der Waals surface area contributed by atoms with Crippen LogP contribution in [0, 0.1) is 0 Å². The second-order valence-electron chi connectivity index (χ2n) is 3.90. The van der Waals surface area contributed by atoms with Crippen LogP contribution in [0.25, 0.3) is 0 Å². The first-order chi connectivity index (χ1) is 8.58. The Kier molecular flexibility index (Phi) is 4.27. The molecule has 0 aliphatic heterocycles. The molecule has 18 heavy (non-hydrogen) atoms. The molecule has 0 aliphatic carbocycles. The molecule has 4 heteroatoms. The highest BCUT2D eigenvalue weighted by molar-refractivity contribution is 9.10. The van der Waals surface area contributed by atoms with E-state index in [0.29, 0.717) is 16.5 Å². The molecule has 0 spiro atoms. The van der Waals surface area contributed by atoms with Crippen molar-refractivity contribution in [3.05, 3.63) is 57.5 Å². The zero-order chi connectivity index (χ0) is 13.1. The second-order valence-corrected chi connectivity index (χ2v) is 5.16. The molecule has 1 atom stereocenters. The minimum atomic E-state index is -0.504. The van der Waals surface area contributed by atoms with Crippen LogP contribution in [0.2, 0.25) is 5.02 Å². The van der Waals surface area contributed by atoms with Crippen molar-refractivity contribution in [3.8, 4) is 11.5 Å². The van der Waals surface area contributed by atoms with Gasteiger partial charge in [-0.25, -0.2) is 0 Å². The molecule has 0 aromatic heterocycles. The maximum Gasteiger partial charge on any atom is 0.146 e. The van der Waals surface area contributed by atoms with Gasteiger partial charge < -0.3 is 9.84 Å². The fraction of sp³-hybridized carbons (Fsp3) is 0.143. The minimum Gasteiger partial charge on any atom is -0.455 e. The molecular formula is C14H12BrClO2. The Bertz CT molecular complexity index is 555. The summed E-state index contributed by atoms with van der Waals surface area (Å²) in [7, 11) is 0. The van der Waals surface area contributed by atoms with Gasteiger partial charge in [0.2, 0.25) is 0 Å². The van der Waals surface area contributed by atoms with Gasteiger partial charge in [0.25, 0.3) is 0 Å². The SMILES string of the molecule is CC(O)c1ccc(Oc2ccccc2Cl)c(Br)c1. The summed E-state index contributed by atoms with van der Waals surface area (Å²) in [5.41, 5.74) is 0.827. The van der Waals surface area contributed by atoms with Gasteiger partial charge in [0.05, 0.1) is 15.6 Å². The molecular weight excluding hydrogens is 316 g/mol. The van der Waals surface area contributed by atoms with E-state index < -0.39 is 6.10 Å². The largest absolute Gasteiger partial charge is 0.455 e. The third kappa shape index (κ3) is 3.05. The summed E-state index contributed by atoms with van der Waals surface area (Å²) >= 11 is 9.45. The maximum absolute atomic E-state index is 9.49. The average molecular weight is 328 g/mol. The molecule has 2 nitrogen and oxygen atoms in total. The van der Waals surface area contributed by atoms with Crippen LogP contribution in [0.15, 0.2) is 46.9 Å². The number of ether oxygens (including phenoxy) is 1. The number of rotatable bonds is 3. The van der Waals surface area contributed by atoms with Gasteiger partial charge in [-0.05, 0) is 52.7 Å². The van der Waals surface area contributed by atoms with Crippen LogP contribution in [0.5, 0.6) is 11.5 Å². The van der Waals surface area contributed by atoms with Gasteiger partial charge in [-0.15, -0.1) is 0 Å². The van der Waals surface area contributed by atoms with Crippen molar-refractivity contribution < 1.29 is 9.84 Å². The van der Waals surface area contributed by atoms with E-state index in [0.717, 1.165) is 10.0 Å². The lowest BCUT2D eigenvalue weighted by Gasteiger charge is -2.11. The Morgan fingerprint density at radius 1 is 1.17 bits per heavy atom. The lowest BCUT2D eigenvalue weighted by molar-refractivity contribution is 0.199. The van der Waals surface area contributed by atoms with Crippen LogP contribution in [0.4, 0.5) is 0 Å². The summed E-state index contributed by atoms with van der Waals surface area (Å²) in [4.78, 5) is 0. The normalized spacial score (nSPS) is 12.2. The molecule has 2 aromatic rings. The molecule has 2 rings (SSSR count). The number of hydrogen-bond acceptors (Lipinski definition) is 2. The van der Waals surface area contributed by atoms with E-state index >= 15 is 0 Å². The number of hydrogen-bond donors (Lipinski definition) is 1. The van der Waals surface area contributed by atoms with E-state index in [1.165, 1.54) is 0 Å². The molecule has 2 aromatic carbocycles. The van der Waals surface area contributed by atoms with Crippen molar-refractivity contribution in [1.29, 1.82) is 0 Å². The Morgan fingerprint density at radius 3 is 2.50 bits per heavy atom. The van der Waals surface area contributed by atoms with E-state index in [2.05, 4.69) is 15.9 Å². The second kappa shape index (κ2) is 5.74. The zero-order valence-electron chi connectivity index (χ0n) is 9.73. The summed E-state index contributed by atoms with van der Waals surface area (Å²) in [6.07, 6.45) is -0.504. The van der Waals surface area contributed by atoms with Crippen LogP contribution >= 0.6 is 27.5 Å². The zero-order valence-corrected chi connectivity index (χ0v) is 12.1. The molecule has 0 radical (unpaired) electrons. The highest BCUT2D eigenvalue weighted by atomic mass is 79.9. The van der Waals surface area contributed by atoms with Crippen molar-refractivity contribution >= 4 is 27.5 Å². The van der Waals surface area contributed by atoms with Crippen LogP contribution in [-0.4, -0.2) is 5.11 Å². The molecule has 0 amide bonds. The van der Waals surface area contributed by atoms with E-state index in [1.807, 2.05) is 24.3 Å². The number of benzene rings is 2. The lowest BCUT2D eigenvalue weighted by atomic mass is 10.1. The van der Waals surface area contributed by atoms with E-state index in [4.69, 9.17) is 16.3 Å². The highest BCUT2D eigenvalue weighted by Crippen LogP contribution is 2.34. The molecule has 0 bridgehead atoms. The van der Waals surface area contributed by atoms with E-state index in [-0.39, 0.29) is 0 Å². The van der Waals surface area contributed by atoms with Crippen molar-refractivity contribution in [2.45, 2.75) is 13.0 Å². The summed E-state index contributed by atoms with van der Waals surface area (Å²) < 4.78 is 6.49. The molecule has 0 saturated heterocycles. The van der Waals surface area contributed by atoms with Crippen LogP contribution in [-0.2, 0) is 0 Å². The Morgan fingerprint density at radius 2 is 1.89 bits per heavy atom. The third-order valence-corrected chi connectivity index (χ3v) is 3.43. The summed E-state index contributed by atoms with van der Waals surface area (Å²) in [5.74, 6) is 1.26. The number of aliphatic hydroxyl groups excluding tert-OH is 1. The van der Waals surface area contributed by atoms with E-state index in [9.17, 15) is 5.11 Å². The third-order valence-electron chi connectivity index (χ3n) is 2.49. The standard InChI is InChI=1S/C14H12BrClO2/c1-9(17)10-6-7-13(11(15)8-10)18-14-5-3-2-4-12(14)16/h2-9,17H,1H3. The number of halogens is 2. The van der Waals surface area contributed by atoms with Gasteiger partial charge in [-0.2, -0.15) is 0 Å². The van der Waals surface area contributed by atoms with Gasteiger partial charge >= 0.3 is 0 Å². The van der Waals surface area contributed by atoms with Crippen molar-refractivity contribution in [2.24, 2.45) is 0 Å². The van der Waals surface area contributed by atoms with Crippen molar-refractivity contribution in [2.75, 3.05) is 0 Å². The van der Waals surface area contributed by atoms with E-state index in [1.54, 1.807) is 25.1 Å². The summed E-state index contributed by atoms with van der Waals surface area (Å²) in [6, 6.07) is 12.7. The molecule has 0 aliphatic rings. The average Bonchev–Trinajstić information content (AvgIpc) is 2.34. The Balaban J connectivity index is 2.28.